The van der Waals surface area contributed by atoms with Gasteiger partial charge in [0.15, 0.2) is 0 Å². The van der Waals surface area contributed by atoms with Crippen molar-refractivity contribution in [3.63, 3.8) is 0 Å². The van der Waals surface area contributed by atoms with Crippen LogP contribution in [0, 0.1) is 0 Å². The van der Waals surface area contributed by atoms with Crippen LogP contribution in [-0.2, 0) is 25.7 Å². The molecular weight excluding hydrogens is 332 g/mol. The van der Waals surface area contributed by atoms with E-state index in [1.54, 1.807) is 6.08 Å². The third-order valence-corrected chi connectivity index (χ3v) is 3.17. The number of methoxy groups -OCH3 is 1. The van der Waals surface area contributed by atoms with Crippen LogP contribution in [0.25, 0.3) is 0 Å². The number of hydrogen-bond donors (Lipinski definition) is 2. The summed E-state index contributed by atoms with van der Waals surface area (Å²) < 4.78 is 10.1. The van der Waals surface area contributed by atoms with E-state index in [1.807, 2.05) is 30.3 Å². The van der Waals surface area contributed by atoms with Crippen LogP contribution in [0.4, 0.5) is 0 Å². The highest BCUT2D eigenvalue weighted by Crippen LogP contribution is 2.06. The van der Waals surface area contributed by atoms with Crippen LogP contribution in [0.2, 0.25) is 0 Å². The van der Waals surface area contributed by atoms with Crippen LogP contribution in [0.5, 0.6) is 0 Å². The van der Waals surface area contributed by atoms with Crippen LogP contribution in [0.3, 0.4) is 0 Å². The van der Waals surface area contributed by atoms with Gasteiger partial charge in [0.05, 0.1) is 6.61 Å². The second-order valence-electron chi connectivity index (χ2n) is 5.08. The highest BCUT2D eigenvalue weighted by atomic mass is 35.5. The van der Waals surface area contributed by atoms with Crippen LogP contribution in [0.15, 0.2) is 43.0 Å². The number of allylic oxidation sites excluding steroid dienone is 1. The molecule has 0 aliphatic carbocycles. The lowest BCUT2D eigenvalue weighted by Gasteiger charge is -2.19. The van der Waals surface area contributed by atoms with Gasteiger partial charge in [0.1, 0.15) is 18.7 Å². The molecule has 1 aromatic rings. The van der Waals surface area contributed by atoms with Crippen molar-refractivity contribution >= 4 is 24.3 Å². The zero-order chi connectivity index (χ0) is 17.1. The average Bonchev–Trinajstić information content (AvgIpc) is 2.57. The molecule has 0 aliphatic heterocycles. The van der Waals surface area contributed by atoms with E-state index < -0.39 is 24.0 Å². The highest BCUT2D eigenvalue weighted by molar-refractivity contribution is 5.87. The minimum absolute atomic E-state index is 0. The Kier molecular flexibility index (Phi) is 11.5. The van der Waals surface area contributed by atoms with Gasteiger partial charge in [-0.1, -0.05) is 36.4 Å². The lowest BCUT2D eigenvalue weighted by Crippen LogP contribution is -2.50. The summed E-state index contributed by atoms with van der Waals surface area (Å²) in [7, 11) is 1.45. The van der Waals surface area contributed by atoms with Crippen LogP contribution < -0.4 is 11.1 Å². The third-order valence-electron chi connectivity index (χ3n) is 3.17. The number of rotatable bonds is 10. The van der Waals surface area contributed by atoms with Crippen LogP contribution >= 0.6 is 12.4 Å². The maximum absolute atomic E-state index is 12.2. The molecule has 0 aliphatic rings. The van der Waals surface area contributed by atoms with Crippen molar-refractivity contribution < 1.29 is 19.1 Å². The fourth-order valence-electron chi connectivity index (χ4n) is 1.90. The van der Waals surface area contributed by atoms with Crippen molar-refractivity contribution in [1.29, 1.82) is 0 Å². The first-order chi connectivity index (χ1) is 11.1. The molecule has 0 unspecified atom stereocenters. The van der Waals surface area contributed by atoms with Crippen LogP contribution in [0.1, 0.15) is 18.4 Å². The molecule has 0 heterocycles. The van der Waals surface area contributed by atoms with Crippen molar-refractivity contribution in [3.05, 3.63) is 48.6 Å². The summed E-state index contributed by atoms with van der Waals surface area (Å²) in [5.74, 6) is -0.939. The van der Waals surface area contributed by atoms with E-state index in [1.165, 1.54) is 7.11 Å². The molecule has 0 saturated heterocycles. The molecule has 0 aromatic heterocycles. The first-order valence-corrected chi connectivity index (χ1v) is 7.44. The summed E-state index contributed by atoms with van der Waals surface area (Å²) in [5.41, 5.74) is 6.54. The molecule has 0 saturated carbocycles. The first-order valence-electron chi connectivity index (χ1n) is 7.44. The minimum Gasteiger partial charge on any atom is -0.459 e. The molecule has 134 valence electrons. The van der Waals surface area contributed by atoms with Gasteiger partial charge >= 0.3 is 5.97 Å². The Bertz CT molecular complexity index is 511. The van der Waals surface area contributed by atoms with Gasteiger partial charge in [0.25, 0.3) is 0 Å². The molecule has 1 aromatic carbocycles. The normalized spacial score (nSPS) is 12.4. The number of carbonyl (C=O) groups is 2. The monoisotopic (exact) mass is 356 g/mol. The second kappa shape index (κ2) is 12.5. The number of carbonyl (C=O) groups excluding carboxylic acids is 2. The Balaban J connectivity index is 0.00000529. The number of nitrogens with two attached hydrogens (primary N) is 1. The summed E-state index contributed by atoms with van der Waals surface area (Å²) in [6.45, 7) is 3.86. The van der Waals surface area contributed by atoms with E-state index in [4.69, 9.17) is 15.2 Å². The molecule has 6 nitrogen and oxygen atoms in total. The van der Waals surface area contributed by atoms with Crippen molar-refractivity contribution in [2.75, 3.05) is 13.7 Å². The number of benzene rings is 1. The molecule has 0 radical (unpaired) electrons. The van der Waals surface area contributed by atoms with Crippen molar-refractivity contribution in [2.45, 2.75) is 31.5 Å². The molecule has 0 spiro atoms. The smallest absolute Gasteiger partial charge is 0.328 e. The average molecular weight is 357 g/mol. The van der Waals surface area contributed by atoms with E-state index in [0.29, 0.717) is 12.8 Å². The Hall–Kier alpha value is -1.89. The fourth-order valence-corrected chi connectivity index (χ4v) is 1.90. The third kappa shape index (κ3) is 8.10. The summed E-state index contributed by atoms with van der Waals surface area (Å²) in [6, 6.07) is 7.75. The Morgan fingerprint density at radius 3 is 2.58 bits per heavy atom. The molecule has 1 rings (SSSR count). The SMILES string of the molecule is C=CCC[C@H](NC(=O)[C@@H](N)COC)C(=O)OCc1ccccc1.Cl. The number of halogens is 1. The summed E-state index contributed by atoms with van der Waals surface area (Å²) in [6.07, 6.45) is 2.66. The number of ether oxygens (including phenoxy) is 2. The van der Waals surface area contributed by atoms with Gasteiger partial charge in [-0.15, -0.1) is 19.0 Å². The molecule has 0 bridgehead atoms. The maximum atomic E-state index is 12.2. The molecule has 2 atom stereocenters. The maximum Gasteiger partial charge on any atom is 0.328 e. The summed E-state index contributed by atoms with van der Waals surface area (Å²) in [5, 5.41) is 2.61. The summed E-state index contributed by atoms with van der Waals surface area (Å²) in [4.78, 5) is 24.1. The van der Waals surface area contributed by atoms with Gasteiger partial charge in [0, 0.05) is 7.11 Å². The molecule has 1 amide bonds. The molecular formula is C17H25ClN2O4. The molecule has 7 heteroatoms. The van der Waals surface area contributed by atoms with E-state index in [9.17, 15) is 9.59 Å². The van der Waals surface area contributed by atoms with Gasteiger partial charge in [-0.3, -0.25) is 4.79 Å². The zero-order valence-electron chi connectivity index (χ0n) is 13.8. The Labute approximate surface area is 148 Å². The van der Waals surface area contributed by atoms with Crippen molar-refractivity contribution in [3.8, 4) is 0 Å². The largest absolute Gasteiger partial charge is 0.459 e. The number of hydrogen-bond acceptors (Lipinski definition) is 5. The van der Waals surface area contributed by atoms with Crippen LogP contribution in [-0.4, -0.2) is 37.7 Å². The highest BCUT2D eigenvalue weighted by Gasteiger charge is 2.24. The number of nitrogens with one attached hydrogen (secondary N) is 1. The second-order valence-corrected chi connectivity index (χ2v) is 5.08. The summed E-state index contributed by atoms with van der Waals surface area (Å²) >= 11 is 0. The van der Waals surface area contributed by atoms with Crippen molar-refractivity contribution in [2.24, 2.45) is 5.73 Å². The van der Waals surface area contributed by atoms with E-state index in [2.05, 4.69) is 11.9 Å². The van der Waals surface area contributed by atoms with Gasteiger partial charge < -0.3 is 20.5 Å². The van der Waals surface area contributed by atoms with Gasteiger partial charge in [-0.2, -0.15) is 0 Å². The standard InChI is InChI=1S/C17H24N2O4.ClH/c1-3-4-10-15(19-16(20)14(18)12-22-2)17(21)23-11-13-8-6-5-7-9-13;/h3,5-9,14-15H,1,4,10-12,18H2,2H3,(H,19,20);1H/t14-,15-;/m0./s1. The van der Waals surface area contributed by atoms with E-state index in [0.717, 1.165) is 5.56 Å². The quantitative estimate of drug-likeness (QED) is 0.490. The molecule has 24 heavy (non-hydrogen) atoms. The minimum atomic E-state index is -0.826. The first kappa shape index (κ1) is 22.1. The zero-order valence-corrected chi connectivity index (χ0v) is 14.6. The Morgan fingerprint density at radius 2 is 2.00 bits per heavy atom. The predicted molar refractivity (Wildman–Crippen MR) is 94.7 cm³/mol. The fraction of sp³-hybridized carbons (Fsp3) is 0.412. The van der Waals surface area contributed by atoms with E-state index in [-0.39, 0.29) is 25.6 Å². The van der Waals surface area contributed by atoms with Gasteiger partial charge in [-0.25, -0.2) is 4.79 Å². The lowest BCUT2D eigenvalue weighted by atomic mass is 10.1. The van der Waals surface area contributed by atoms with Crippen molar-refractivity contribution in [1.82, 2.24) is 5.32 Å². The van der Waals surface area contributed by atoms with Gasteiger partial charge in [0.2, 0.25) is 5.91 Å². The molecule has 0 fully saturated rings. The lowest BCUT2D eigenvalue weighted by molar-refractivity contribution is -0.149. The Morgan fingerprint density at radius 1 is 1.33 bits per heavy atom. The van der Waals surface area contributed by atoms with Gasteiger partial charge in [-0.05, 0) is 18.4 Å². The number of amides is 1. The number of esters is 1. The predicted octanol–water partition coefficient (Wildman–Crippen LogP) is 1.58. The topological polar surface area (TPSA) is 90.7 Å². The van der Waals surface area contributed by atoms with E-state index >= 15 is 0 Å². The molecule has 3 N–H and O–H groups in total.